The summed E-state index contributed by atoms with van der Waals surface area (Å²) in [5, 5.41) is 0. The average Bonchev–Trinajstić information content (AvgIpc) is 2.11. The normalized spacial score (nSPS) is 19.5. The van der Waals surface area contributed by atoms with Crippen LogP contribution in [0.2, 0.25) is 0 Å². The van der Waals surface area contributed by atoms with Crippen LogP contribution in [0.1, 0.15) is 20.8 Å². The zero-order chi connectivity index (χ0) is 7.78. The van der Waals surface area contributed by atoms with Gasteiger partial charge in [-0.2, -0.15) is 0 Å². The van der Waals surface area contributed by atoms with Crippen LogP contribution in [0.4, 0.5) is 4.79 Å². The van der Waals surface area contributed by atoms with E-state index in [1.807, 2.05) is 20.8 Å². The molecule has 0 aromatic rings. The maximum Gasteiger partial charge on any atom is 0.333 e. The molecule has 0 atom stereocenters. The lowest BCUT2D eigenvalue weighted by molar-refractivity contribution is 0.169. The fraction of sp³-hybridized carbons (Fsp3) is 0.833. The van der Waals surface area contributed by atoms with Gasteiger partial charge >= 0.3 is 6.03 Å². The molecule has 1 saturated heterocycles. The molecule has 0 bridgehead atoms. The van der Waals surface area contributed by atoms with E-state index >= 15 is 0 Å². The summed E-state index contributed by atoms with van der Waals surface area (Å²) in [6, 6.07) is -0.0486. The highest BCUT2D eigenvalue weighted by molar-refractivity contribution is 5.75. The first kappa shape index (κ1) is 7.34. The third-order valence-corrected chi connectivity index (χ3v) is 1.49. The molecule has 4 heteroatoms. The molecule has 2 N–H and O–H groups in total. The SMILES string of the molecule is CC(C)(C)N1CNNC1=O. The predicted molar refractivity (Wildman–Crippen MR) is 38.1 cm³/mol. The van der Waals surface area contributed by atoms with Crippen LogP contribution in [0.5, 0.6) is 0 Å². The Hall–Kier alpha value is -0.770. The highest BCUT2D eigenvalue weighted by Gasteiger charge is 2.29. The van der Waals surface area contributed by atoms with Gasteiger partial charge in [-0.15, -0.1) is 0 Å². The van der Waals surface area contributed by atoms with Crippen LogP contribution in [0.25, 0.3) is 0 Å². The van der Waals surface area contributed by atoms with E-state index in [1.165, 1.54) is 0 Å². The second-order valence-electron chi connectivity index (χ2n) is 3.36. The summed E-state index contributed by atoms with van der Waals surface area (Å²) in [6.07, 6.45) is 0. The van der Waals surface area contributed by atoms with E-state index in [-0.39, 0.29) is 11.6 Å². The Labute approximate surface area is 60.5 Å². The molecular weight excluding hydrogens is 130 g/mol. The van der Waals surface area contributed by atoms with Gasteiger partial charge < -0.3 is 4.90 Å². The number of carbonyl (C=O) groups excluding carboxylic acids is 1. The molecule has 2 amide bonds. The largest absolute Gasteiger partial charge is 0.333 e. The number of carbonyl (C=O) groups is 1. The number of hydrogen-bond acceptors (Lipinski definition) is 2. The molecule has 1 aliphatic rings. The predicted octanol–water partition coefficient (Wildman–Crippen LogP) is 0.272. The molecule has 0 radical (unpaired) electrons. The Balaban J connectivity index is 2.64. The smallest absolute Gasteiger partial charge is 0.304 e. The molecular formula is C6H13N3O. The van der Waals surface area contributed by atoms with Crippen molar-refractivity contribution >= 4 is 6.03 Å². The van der Waals surface area contributed by atoms with Gasteiger partial charge in [0.05, 0.1) is 6.67 Å². The van der Waals surface area contributed by atoms with Crippen molar-refractivity contribution in [3.63, 3.8) is 0 Å². The van der Waals surface area contributed by atoms with Crippen molar-refractivity contribution < 1.29 is 4.79 Å². The summed E-state index contributed by atoms with van der Waals surface area (Å²) in [5.41, 5.74) is 5.18. The maximum atomic E-state index is 11.0. The second kappa shape index (κ2) is 2.12. The Morgan fingerprint density at radius 2 is 2.10 bits per heavy atom. The minimum atomic E-state index is -0.0897. The quantitative estimate of drug-likeness (QED) is 0.511. The van der Waals surface area contributed by atoms with Gasteiger partial charge in [0.2, 0.25) is 0 Å². The topological polar surface area (TPSA) is 44.4 Å². The Morgan fingerprint density at radius 3 is 2.30 bits per heavy atom. The number of nitrogens with zero attached hydrogens (tertiary/aromatic N) is 1. The van der Waals surface area contributed by atoms with Gasteiger partial charge in [0.15, 0.2) is 0 Å². The summed E-state index contributed by atoms with van der Waals surface area (Å²) >= 11 is 0. The van der Waals surface area contributed by atoms with Crippen molar-refractivity contribution in [3.05, 3.63) is 0 Å². The van der Waals surface area contributed by atoms with E-state index in [9.17, 15) is 4.79 Å². The van der Waals surface area contributed by atoms with Crippen molar-refractivity contribution in [1.82, 2.24) is 15.8 Å². The molecule has 0 aliphatic carbocycles. The minimum Gasteiger partial charge on any atom is -0.304 e. The zero-order valence-corrected chi connectivity index (χ0v) is 6.56. The Kier molecular flexibility index (Phi) is 1.56. The molecule has 0 saturated carbocycles. The Morgan fingerprint density at radius 1 is 1.50 bits per heavy atom. The molecule has 1 aliphatic heterocycles. The average molecular weight is 143 g/mol. The molecule has 0 aromatic carbocycles. The fourth-order valence-corrected chi connectivity index (χ4v) is 0.875. The van der Waals surface area contributed by atoms with Gasteiger partial charge in [0.1, 0.15) is 0 Å². The summed E-state index contributed by atoms with van der Waals surface area (Å²) in [4.78, 5) is 12.7. The van der Waals surface area contributed by atoms with E-state index in [4.69, 9.17) is 0 Å². The van der Waals surface area contributed by atoms with E-state index in [2.05, 4.69) is 10.9 Å². The first-order chi connectivity index (χ1) is 4.52. The third-order valence-electron chi connectivity index (χ3n) is 1.49. The van der Waals surface area contributed by atoms with Crippen molar-refractivity contribution in [1.29, 1.82) is 0 Å². The van der Waals surface area contributed by atoms with Gasteiger partial charge in [-0.1, -0.05) is 0 Å². The number of hydrazine groups is 1. The molecule has 1 fully saturated rings. The van der Waals surface area contributed by atoms with Crippen LogP contribution < -0.4 is 10.9 Å². The molecule has 1 rings (SSSR count). The van der Waals surface area contributed by atoms with Gasteiger partial charge in [-0.05, 0) is 20.8 Å². The van der Waals surface area contributed by atoms with Crippen molar-refractivity contribution in [3.8, 4) is 0 Å². The molecule has 0 aromatic heterocycles. The van der Waals surface area contributed by atoms with E-state index in [0.717, 1.165) is 0 Å². The van der Waals surface area contributed by atoms with Crippen LogP contribution in [0, 0.1) is 0 Å². The van der Waals surface area contributed by atoms with E-state index in [0.29, 0.717) is 6.67 Å². The molecule has 0 spiro atoms. The van der Waals surface area contributed by atoms with Gasteiger partial charge in [0.25, 0.3) is 0 Å². The molecule has 10 heavy (non-hydrogen) atoms. The van der Waals surface area contributed by atoms with Crippen LogP contribution in [-0.2, 0) is 0 Å². The zero-order valence-electron chi connectivity index (χ0n) is 6.56. The van der Waals surface area contributed by atoms with E-state index < -0.39 is 0 Å². The van der Waals surface area contributed by atoms with Crippen molar-refractivity contribution in [2.24, 2.45) is 0 Å². The lowest BCUT2D eigenvalue weighted by Crippen LogP contribution is -2.43. The van der Waals surface area contributed by atoms with Crippen LogP contribution >= 0.6 is 0 Å². The highest BCUT2D eigenvalue weighted by Crippen LogP contribution is 2.13. The molecule has 1 heterocycles. The van der Waals surface area contributed by atoms with Gasteiger partial charge in [-0.25, -0.2) is 10.2 Å². The first-order valence-electron chi connectivity index (χ1n) is 3.32. The molecule has 58 valence electrons. The number of nitrogens with one attached hydrogen (secondary N) is 2. The standard InChI is InChI=1S/C6H13N3O/c1-6(2,3)9-4-7-8-5(9)10/h7H,4H2,1-3H3,(H,8,10). The lowest BCUT2D eigenvalue weighted by Gasteiger charge is -2.29. The van der Waals surface area contributed by atoms with Crippen molar-refractivity contribution in [2.45, 2.75) is 26.3 Å². The summed E-state index contributed by atoms with van der Waals surface area (Å²) < 4.78 is 0. The molecule has 4 nitrogen and oxygen atoms in total. The highest BCUT2D eigenvalue weighted by atomic mass is 16.2. The third kappa shape index (κ3) is 1.21. The van der Waals surface area contributed by atoms with Crippen LogP contribution in [0.3, 0.4) is 0 Å². The van der Waals surface area contributed by atoms with Crippen LogP contribution in [0.15, 0.2) is 0 Å². The Bertz CT molecular complexity index is 150. The first-order valence-corrected chi connectivity index (χ1v) is 3.32. The fourth-order valence-electron chi connectivity index (χ4n) is 0.875. The molecule has 0 unspecified atom stereocenters. The number of rotatable bonds is 0. The van der Waals surface area contributed by atoms with Gasteiger partial charge in [0, 0.05) is 5.54 Å². The maximum absolute atomic E-state index is 11.0. The van der Waals surface area contributed by atoms with Crippen molar-refractivity contribution in [2.75, 3.05) is 6.67 Å². The summed E-state index contributed by atoms with van der Waals surface area (Å²) in [6.45, 7) is 6.58. The second-order valence-corrected chi connectivity index (χ2v) is 3.36. The van der Waals surface area contributed by atoms with Gasteiger partial charge in [-0.3, -0.25) is 5.43 Å². The van der Waals surface area contributed by atoms with E-state index in [1.54, 1.807) is 4.90 Å². The number of hydrogen-bond donors (Lipinski definition) is 2. The minimum absolute atomic E-state index is 0.0486. The monoisotopic (exact) mass is 143 g/mol. The number of amides is 2. The summed E-state index contributed by atoms with van der Waals surface area (Å²) in [5.74, 6) is 0. The van der Waals surface area contributed by atoms with Crippen LogP contribution in [-0.4, -0.2) is 23.1 Å². The lowest BCUT2D eigenvalue weighted by atomic mass is 10.1. The number of urea groups is 1. The summed E-state index contributed by atoms with van der Waals surface area (Å²) in [7, 11) is 0.